The topological polar surface area (TPSA) is 21.3 Å². The van der Waals surface area contributed by atoms with Crippen LogP contribution in [-0.4, -0.2) is 55.1 Å². The maximum atomic E-state index is 6.15. The van der Waals surface area contributed by atoms with Crippen LogP contribution in [0.15, 0.2) is 30.3 Å². The summed E-state index contributed by atoms with van der Waals surface area (Å²) < 4.78 is 6.15. The Balaban J connectivity index is 1.92. The fourth-order valence-electron chi connectivity index (χ4n) is 3.64. The van der Waals surface area contributed by atoms with Gasteiger partial charge in [0.25, 0.3) is 0 Å². The van der Waals surface area contributed by atoms with E-state index in [2.05, 4.69) is 73.8 Å². The number of hydrogen-bond donors (Lipinski definition) is 1. The van der Waals surface area contributed by atoms with E-state index in [0.29, 0.717) is 12.9 Å². The molecule has 1 aliphatic rings. The Morgan fingerprint density at radius 1 is 1.15 bits per heavy atom. The molecule has 0 saturated carbocycles. The largest absolute Gasteiger partial charge is 0.404 e. The number of nitrogens with one attached hydrogen (secondary N) is 1. The van der Waals surface area contributed by atoms with Crippen LogP contribution in [0.2, 0.25) is 6.82 Å². The molecule has 1 aliphatic heterocycles. The Morgan fingerprint density at radius 3 is 2.25 bits per heavy atom. The third-order valence-corrected chi connectivity index (χ3v) is 3.93. The van der Waals surface area contributed by atoms with Crippen molar-refractivity contribution in [3.8, 4) is 0 Å². The summed E-state index contributed by atoms with van der Waals surface area (Å²) in [5.41, 5.74) is 1.40. The second-order valence-electron chi connectivity index (χ2n) is 7.48. The monoisotopic (exact) mass is 265 g/mol. The van der Waals surface area contributed by atoms with Crippen molar-refractivity contribution in [1.82, 2.24) is 5.23 Å². The molecule has 1 N–H and O–H groups in total. The Labute approximate surface area is 127 Å². The summed E-state index contributed by atoms with van der Waals surface area (Å²) in [6, 6.07) is 11.2. The zero-order chi connectivity index (χ0) is 14.8. The summed E-state index contributed by atoms with van der Waals surface area (Å²) in [7, 11) is 8.80. The second kappa shape index (κ2) is 6.07. The molecule has 0 unspecified atom stereocenters. The molecule has 0 aliphatic carbocycles. The Bertz CT molecular complexity index is 424. The van der Waals surface area contributed by atoms with Crippen molar-refractivity contribution in [2.45, 2.75) is 42.8 Å². The SMILES string of the molecule is BC1(B)CC(NB(C)Cc2ccccc2)CC(B)(B)O1. The molecular weight excluding hydrogens is 240 g/mol. The molecule has 1 aromatic rings. The smallest absolute Gasteiger partial charge is 0.221 e. The van der Waals surface area contributed by atoms with Crippen LogP contribution >= 0.6 is 0 Å². The lowest BCUT2D eigenvalue weighted by Crippen LogP contribution is -2.59. The highest BCUT2D eigenvalue weighted by Gasteiger charge is 2.38. The molecule has 0 atom stereocenters. The van der Waals surface area contributed by atoms with Gasteiger partial charge in [0.1, 0.15) is 31.4 Å². The summed E-state index contributed by atoms with van der Waals surface area (Å²) in [6.45, 7) is 2.77. The van der Waals surface area contributed by atoms with Crippen LogP contribution in [0.25, 0.3) is 0 Å². The van der Waals surface area contributed by atoms with E-state index in [0.717, 1.165) is 19.2 Å². The van der Waals surface area contributed by atoms with Gasteiger partial charge in [-0.05, 0) is 25.2 Å². The second-order valence-corrected chi connectivity index (χ2v) is 7.48. The number of rotatable bonds is 4. The van der Waals surface area contributed by atoms with Crippen LogP contribution in [0.4, 0.5) is 0 Å². The van der Waals surface area contributed by atoms with Gasteiger partial charge in [-0.15, -0.1) is 0 Å². The van der Waals surface area contributed by atoms with Gasteiger partial charge in [-0.1, -0.05) is 42.7 Å². The van der Waals surface area contributed by atoms with Gasteiger partial charge in [-0.3, -0.25) is 0 Å². The number of ether oxygens (including phenoxy) is 1. The van der Waals surface area contributed by atoms with Crippen LogP contribution in [0.1, 0.15) is 18.4 Å². The average molecular weight is 264 g/mol. The average Bonchev–Trinajstić information content (AvgIpc) is 2.25. The molecule has 1 saturated heterocycles. The Hall–Kier alpha value is -0.535. The van der Waals surface area contributed by atoms with E-state index in [1.54, 1.807) is 0 Å². The lowest BCUT2D eigenvalue weighted by atomic mass is 9.51. The van der Waals surface area contributed by atoms with Gasteiger partial charge in [-0.25, -0.2) is 0 Å². The molecule has 0 bridgehead atoms. The summed E-state index contributed by atoms with van der Waals surface area (Å²) in [5.74, 6) is 0. The minimum atomic E-state index is -0.0358. The Kier molecular flexibility index (Phi) is 4.81. The van der Waals surface area contributed by atoms with Crippen LogP contribution < -0.4 is 5.23 Å². The minimum absolute atomic E-state index is 0.0358. The van der Waals surface area contributed by atoms with Crippen molar-refractivity contribution >= 4 is 38.2 Å². The molecule has 0 amide bonds. The molecule has 2 rings (SSSR count). The number of benzene rings is 1. The van der Waals surface area contributed by atoms with Crippen molar-refractivity contribution in [3.63, 3.8) is 0 Å². The van der Waals surface area contributed by atoms with E-state index in [1.807, 2.05) is 0 Å². The van der Waals surface area contributed by atoms with Gasteiger partial charge in [0.05, 0.1) is 0 Å². The molecule has 1 fully saturated rings. The maximum Gasteiger partial charge on any atom is 0.221 e. The molecular formula is C13H24B5NO. The number of hydrogen-bond acceptors (Lipinski definition) is 2. The van der Waals surface area contributed by atoms with Gasteiger partial charge in [-0.2, -0.15) is 0 Å². The first-order valence-electron chi connectivity index (χ1n) is 7.76. The Morgan fingerprint density at radius 2 is 1.70 bits per heavy atom. The van der Waals surface area contributed by atoms with E-state index in [4.69, 9.17) is 4.74 Å². The normalized spacial score (nSPS) is 21.4. The van der Waals surface area contributed by atoms with Gasteiger partial charge < -0.3 is 9.96 Å². The van der Waals surface area contributed by atoms with E-state index in [1.165, 1.54) is 5.56 Å². The molecule has 20 heavy (non-hydrogen) atoms. The van der Waals surface area contributed by atoms with Gasteiger partial charge in [0.2, 0.25) is 6.85 Å². The first-order chi connectivity index (χ1) is 9.26. The maximum absolute atomic E-state index is 6.15. The van der Waals surface area contributed by atoms with Crippen LogP contribution in [-0.2, 0) is 11.1 Å². The summed E-state index contributed by atoms with van der Waals surface area (Å²) >= 11 is 0. The van der Waals surface area contributed by atoms with Crippen LogP contribution in [0.3, 0.4) is 0 Å². The zero-order valence-corrected chi connectivity index (χ0v) is 13.6. The summed E-state index contributed by atoms with van der Waals surface area (Å²) in [4.78, 5) is 0. The highest BCUT2D eigenvalue weighted by Crippen LogP contribution is 2.28. The van der Waals surface area contributed by atoms with Crippen molar-refractivity contribution in [2.24, 2.45) is 0 Å². The highest BCUT2D eigenvalue weighted by atomic mass is 16.5. The van der Waals surface area contributed by atoms with E-state index >= 15 is 0 Å². The molecule has 102 valence electrons. The quantitative estimate of drug-likeness (QED) is 0.635. The van der Waals surface area contributed by atoms with Gasteiger partial charge >= 0.3 is 0 Å². The summed E-state index contributed by atoms with van der Waals surface area (Å²) in [5, 5.41) is 3.73. The van der Waals surface area contributed by atoms with Gasteiger partial charge in [0.15, 0.2) is 0 Å². The van der Waals surface area contributed by atoms with Crippen molar-refractivity contribution in [1.29, 1.82) is 0 Å². The summed E-state index contributed by atoms with van der Waals surface area (Å²) in [6.07, 6.45) is 3.24. The van der Waals surface area contributed by atoms with Crippen LogP contribution in [0, 0.1) is 0 Å². The molecule has 1 aromatic carbocycles. The zero-order valence-electron chi connectivity index (χ0n) is 13.6. The molecule has 0 spiro atoms. The predicted octanol–water partition coefficient (Wildman–Crippen LogP) is -2.00. The fourth-order valence-corrected chi connectivity index (χ4v) is 3.64. The fraction of sp³-hybridized carbons (Fsp3) is 0.538. The van der Waals surface area contributed by atoms with Gasteiger partial charge in [0, 0.05) is 10.8 Å². The lowest BCUT2D eigenvalue weighted by molar-refractivity contribution is -0.0241. The third-order valence-electron chi connectivity index (χ3n) is 3.93. The molecule has 0 radical (unpaired) electrons. The van der Waals surface area contributed by atoms with Crippen LogP contribution in [0.5, 0.6) is 0 Å². The first kappa shape index (κ1) is 15.8. The van der Waals surface area contributed by atoms with E-state index < -0.39 is 0 Å². The molecule has 2 nitrogen and oxygen atoms in total. The highest BCUT2D eigenvalue weighted by molar-refractivity contribution is 6.54. The van der Waals surface area contributed by atoms with E-state index in [9.17, 15) is 0 Å². The van der Waals surface area contributed by atoms with E-state index in [-0.39, 0.29) is 10.8 Å². The molecule has 1 heterocycles. The predicted molar refractivity (Wildman–Crippen MR) is 98.6 cm³/mol. The third kappa shape index (κ3) is 4.78. The minimum Gasteiger partial charge on any atom is -0.404 e. The standard InChI is InChI=1S/C13H24B5NO/c1-18(9-10-5-3-2-4-6-10)19-11-7-12(14,15)20-13(16,17)8-11/h2-6,11,19H,7-9,14-17H2,1H3. The first-order valence-corrected chi connectivity index (χ1v) is 7.76. The lowest BCUT2D eigenvalue weighted by Gasteiger charge is -2.47. The van der Waals surface area contributed by atoms with Crippen molar-refractivity contribution in [2.75, 3.05) is 0 Å². The molecule has 7 heteroatoms. The molecule has 0 aromatic heterocycles. The van der Waals surface area contributed by atoms with Crippen molar-refractivity contribution in [3.05, 3.63) is 35.9 Å². The van der Waals surface area contributed by atoms with Crippen molar-refractivity contribution < 1.29 is 4.74 Å².